The summed E-state index contributed by atoms with van der Waals surface area (Å²) in [6.45, 7) is 5.72. The van der Waals surface area contributed by atoms with Crippen molar-refractivity contribution in [1.82, 2.24) is 5.32 Å². The van der Waals surface area contributed by atoms with Gasteiger partial charge >= 0.3 is 0 Å². The molecule has 0 aliphatic carbocycles. The zero-order chi connectivity index (χ0) is 15.9. The fraction of sp³-hybridized carbons (Fsp3) is 0.105. The second kappa shape index (κ2) is 7.27. The minimum Gasteiger partial charge on any atom is -0.497 e. The highest BCUT2D eigenvalue weighted by molar-refractivity contribution is 6.00. The number of nitrogens with one attached hydrogen (secondary N) is 1. The summed E-state index contributed by atoms with van der Waals surface area (Å²) >= 11 is 0. The number of aryl methyl sites for hydroxylation is 1. The predicted octanol–water partition coefficient (Wildman–Crippen LogP) is 3.96. The molecule has 2 aromatic carbocycles. The van der Waals surface area contributed by atoms with Crippen LogP contribution in [0, 0.1) is 6.92 Å². The SMILES string of the molecule is C=C/C=C(/NC(=O)c1ccc(OC)cc1)c1ccccc1C. The number of ether oxygens (including phenoxy) is 1. The molecule has 1 amide bonds. The van der Waals surface area contributed by atoms with Gasteiger partial charge in [-0.1, -0.05) is 36.9 Å². The number of carbonyl (C=O) groups excluding carboxylic acids is 1. The van der Waals surface area contributed by atoms with Gasteiger partial charge in [-0.25, -0.2) is 0 Å². The Labute approximate surface area is 130 Å². The van der Waals surface area contributed by atoms with E-state index < -0.39 is 0 Å². The zero-order valence-electron chi connectivity index (χ0n) is 12.8. The third-order valence-electron chi connectivity index (χ3n) is 3.32. The number of hydrogen-bond acceptors (Lipinski definition) is 2. The highest BCUT2D eigenvalue weighted by Gasteiger charge is 2.10. The molecule has 0 heterocycles. The van der Waals surface area contributed by atoms with Crippen molar-refractivity contribution in [2.75, 3.05) is 7.11 Å². The standard InChI is InChI=1S/C19H19NO2/c1-4-7-18(17-9-6-5-8-14(17)2)20-19(21)15-10-12-16(22-3)13-11-15/h4-13H,1H2,2-3H3,(H,20,21)/b18-7+. The summed E-state index contributed by atoms with van der Waals surface area (Å²) in [7, 11) is 1.60. The Hall–Kier alpha value is -2.81. The average Bonchev–Trinajstić information content (AvgIpc) is 2.55. The smallest absolute Gasteiger partial charge is 0.255 e. The Bertz CT molecular complexity index is 700. The monoisotopic (exact) mass is 293 g/mol. The molecular formula is C19H19NO2. The fourth-order valence-corrected chi connectivity index (χ4v) is 2.13. The molecule has 0 spiro atoms. The number of allylic oxidation sites excluding steroid dienone is 2. The van der Waals surface area contributed by atoms with Crippen LogP contribution in [0.4, 0.5) is 0 Å². The first kappa shape index (κ1) is 15.6. The summed E-state index contributed by atoms with van der Waals surface area (Å²) < 4.78 is 5.10. The second-order valence-corrected chi connectivity index (χ2v) is 4.81. The van der Waals surface area contributed by atoms with E-state index >= 15 is 0 Å². The van der Waals surface area contributed by atoms with Crippen molar-refractivity contribution in [2.45, 2.75) is 6.92 Å². The molecule has 0 saturated carbocycles. The number of hydrogen-bond donors (Lipinski definition) is 1. The van der Waals surface area contributed by atoms with Crippen molar-refractivity contribution in [3.05, 3.63) is 84.0 Å². The molecule has 3 nitrogen and oxygen atoms in total. The lowest BCUT2D eigenvalue weighted by atomic mass is 10.0. The van der Waals surface area contributed by atoms with E-state index in [2.05, 4.69) is 11.9 Å². The van der Waals surface area contributed by atoms with E-state index in [0.29, 0.717) is 5.56 Å². The second-order valence-electron chi connectivity index (χ2n) is 4.81. The topological polar surface area (TPSA) is 38.3 Å². The van der Waals surface area contributed by atoms with Crippen molar-refractivity contribution < 1.29 is 9.53 Å². The van der Waals surface area contributed by atoms with Crippen molar-refractivity contribution >= 4 is 11.6 Å². The first-order valence-electron chi connectivity index (χ1n) is 7.00. The summed E-state index contributed by atoms with van der Waals surface area (Å²) in [5.41, 5.74) is 3.37. The van der Waals surface area contributed by atoms with E-state index in [9.17, 15) is 4.79 Å². The predicted molar refractivity (Wildman–Crippen MR) is 89.8 cm³/mol. The van der Waals surface area contributed by atoms with Gasteiger partial charge in [0.05, 0.1) is 7.11 Å². The molecule has 0 saturated heterocycles. The van der Waals surface area contributed by atoms with Gasteiger partial charge in [0.25, 0.3) is 5.91 Å². The van der Waals surface area contributed by atoms with Crippen LogP contribution in [-0.4, -0.2) is 13.0 Å². The van der Waals surface area contributed by atoms with Gasteiger partial charge in [0.2, 0.25) is 0 Å². The zero-order valence-corrected chi connectivity index (χ0v) is 12.8. The van der Waals surface area contributed by atoms with Gasteiger partial charge in [0.15, 0.2) is 0 Å². The van der Waals surface area contributed by atoms with Gasteiger partial charge in [-0.3, -0.25) is 4.79 Å². The van der Waals surface area contributed by atoms with Crippen molar-refractivity contribution in [2.24, 2.45) is 0 Å². The van der Waals surface area contributed by atoms with Gasteiger partial charge in [0, 0.05) is 16.8 Å². The molecule has 0 unspecified atom stereocenters. The molecule has 0 radical (unpaired) electrons. The lowest BCUT2D eigenvalue weighted by Gasteiger charge is -2.12. The number of methoxy groups -OCH3 is 1. The Morgan fingerprint density at radius 2 is 1.82 bits per heavy atom. The summed E-state index contributed by atoms with van der Waals surface area (Å²) in [5, 5.41) is 2.94. The van der Waals surface area contributed by atoms with E-state index in [-0.39, 0.29) is 5.91 Å². The van der Waals surface area contributed by atoms with Gasteiger partial charge in [0.1, 0.15) is 5.75 Å². The minimum absolute atomic E-state index is 0.168. The lowest BCUT2D eigenvalue weighted by Crippen LogP contribution is -2.22. The third kappa shape index (κ3) is 3.64. The maximum atomic E-state index is 12.4. The molecule has 2 rings (SSSR count). The normalized spacial score (nSPS) is 10.9. The van der Waals surface area contributed by atoms with E-state index in [4.69, 9.17) is 4.74 Å². The Kier molecular flexibility index (Phi) is 5.15. The third-order valence-corrected chi connectivity index (χ3v) is 3.32. The molecule has 2 aromatic rings. The van der Waals surface area contributed by atoms with Gasteiger partial charge in [-0.05, 0) is 42.8 Å². The largest absolute Gasteiger partial charge is 0.497 e. The maximum Gasteiger partial charge on any atom is 0.255 e. The van der Waals surface area contributed by atoms with Gasteiger partial charge in [-0.2, -0.15) is 0 Å². The van der Waals surface area contributed by atoms with E-state index in [0.717, 1.165) is 22.6 Å². The molecule has 112 valence electrons. The van der Waals surface area contributed by atoms with Crippen LogP contribution >= 0.6 is 0 Å². The number of benzene rings is 2. The first-order chi connectivity index (χ1) is 10.7. The highest BCUT2D eigenvalue weighted by Crippen LogP contribution is 2.18. The van der Waals surface area contributed by atoms with Crippen LogP contribution in [0.2, 0.25) is 0 Å². The molecule has 0 atom stereocenters. The van der Waals surface area contributed by atoms with E-state index in [1.165, 1.54) is 0 Å². The van der Waals surface area contributed by atoms with Gasteiger partial charge < -0.3 is 10.1 Å². The summed E-state index contributed by atoms with van der Waals surface area (Å²) in [5.74, 6) is 0.552. The molecule has 3 heteroatoms. The van der Waals surface area contributed by atoms with Crippen LogP contribution in [-0.2, 0) is 0 Å². The Balaban J connectivity index is 2.24. The number of amides is 1. The molecule has 0 aromatic heterocycles. The van der Waals surface area contributed by atoms with Crippen LogP contribution in [0.5, 0.6) is 5.75 Å². The number of rotatable bonds is 5. The van der Waals surface area contributed by atoms with E-state index in [1.54, 1.807) is 43.5 Å². The highest BCUT2D eigenvalue weighted by atomic mass is 16.5. The molecule has 0 fully saturated rings. The molecule has 22 heavy (non-hydrogen) atoms. The van der Waals surface area contributed by atoms with Crippen molar-refractivity contribution in [3.8, 4) is 5.75 Å². The molecular weight excluding hydrogens is 274 g/mol. The van der Waals surface area contributed by atoms with Crippen LogP contribution in [0.1, 0.15) is 21.5 Å². The summed E-state index contributed by atoms with van der Waals surface area (Å²) in [6.07, 6.45) is 3.46. The average molecular weight is 293 g/mol. The molecule has 0 bridgehead atoms. The molecule has 1 N–H and O–H groups in total. The Morgan fingerprint density at radius 3 is 2.41 bits per heavy atom. The van der Waals surface area contributed by atoms with E-state index in [1.807, 2.05) is 31.2 Å². The minimum atomic E-state index is -0.168. The van der Waals surface area contributed by atoms with Gasteiger partial charge in [-0.15, -0.1) is 0 Å². The maximum absolute atomic E-state index is 12.4. The van der Waals surface area contributed by atoms with Crippen LogP contribution < -0.4 is 10.1 Å². The number of carbonyl (C=O) groups is 1. The van der Waals surface area contributed by atoms with Crippen LogP contribution in [0.3, 0.4) is 0 Å². The quantitative estimate of drug-likeness (QED) is 0.847. The lowest BCUT2D eigenvalue weighted by molar-refractivity contribution is 0.0973. The van der Waals surface area contributed by atoms with Crippen LogP contribution in [0.15, 0.2) is 67.3 Å². The van der Waals surface area contributed by atoms with Crippen molar-refractivity contribution in [1.29, 1.82) is 0 Å². The summed E-state index contributed by atoms with van der Waals surface area (Å²) in [4.78, 5) is 12.4. The fourth-order valence-electron chi connectivity index (χ4n) is 2.13. The van der Waals surface area contributed by atoms with Crippen molar-refractivity contribution in [3.63, 3.8) is 0 Å². The summed E-state index contributed by atoms with van der Waals surface area (Å²) in [6, 6.07) is 14.9. The Morgan fingerprint density at radius 1 is 1.14 bits per heavy atom. The first-order valence-corrected chi connectivity index (χ1v) is 7.00. The van der Waals surface area contributed by atoms with Crippen LogP contribution in [0.25, 0.3) is 5.70 Å². The molecule has 0 aliphatic heterocycles. The molecule has 0 aliphatic rings.